The fraction of sp³-hybridized carbons (Fsp3) is 0.529. The fourth-order valence-electron chi connectivity index (χ4n) is 2.52. The summed E-state index contributed by atoms with van der Waals surface area (Å²) in [7, 11) is 0. The third kappa shape index (κ3) is 5.74. The van der Waals surface area contributed by atoms with Gasteiger partial charge in [0, 0.05) is 31.0 Å². The van der Waals surface area contributed by atoms with Crippen molar-refractivity contribution in [1.29, 1.82) is 0 Å². The van der Waals surface area contributed by atoms with Crippen LogP contribution in [0.1, 0.15) is 32.6 Å². The van der Waals surface area contributed by atoms with E-state index < -0.39 is 0 Å². The first-order valence-electron chi connectivity index (χ1n) is 8.04. The number of benzene rings is 1. The number of nitrogens with zero attached hydrogens (tertiary/aromatic N) is 1. The molecule has 0 aliphatic carbocycles. The molecule has 1 heterocycles. The Morgan fingerprint density at radius 1 is 1.26 bits per heavy atom. The number of amides is 2. The van der Waals surface area contributed by atoms with E-state index in [0.29, 0.717) is 18.0 Å². The van der Waals surface area contributed by atoms with Crippen molar-refractivity contribution in [2.75, 3.05) is 19.6 Å². The van der Waals surface area contributed by atoms with Crippen LogP contribution in [0.15, 0.2) is 29.2 Å². The van der Waals surface area contributed by atoms with Crippen molar-refractivity contribution < 1.29 is 9.59 Å². The van der Waals surface area contributed by atoms with Crippen LogP contribution < -0.4 is 5.32 Å². The molecule has 1 aliphatic heterocycles. The van der Waals surface area contributed by atoms with Gasteiger partial charge in [-0.05, 0) is 38.3 Å². The minimum atomic E-state index is -0.250. The molecule has 1 fully saturated rings. The maximum absolute atomic E-state index is 12.1. The van der Waals surface area contributed by atoms with Crippen LogP contribution in [0.4, 0.5) is 0 Å². The van der Waals surface area contributed by atoms with Gasteiger partial charge in [-0.2, -0.15) is 0 Å². The summed E-state index contributed by atoms with van der Waals surface area (Å²) >= 11 is 7.53. The van der Waals surface area contributed by atoms with Crippen molar-refractivity contribution in [2.45, 2.75) is 42.8 Å². The standard InChI is InChI=1S/C17H23ClN2O2S/c1-13(23-15-8-4-3-7-14(15)18)17(22)19-10-9-16(21)20-11-5-2-6-12-20/h3-4,7-8,13H,2,5-6,9-12H2,1H3,(H,19,22)/t13-/m1/s1. The largest absolute Gasteiger partial charge is 0.355 e. The van der Waals surface area contributed by atoms with E-state index in [2.05, 4.69) is 5.32 Å². The molecule has 126 valence electrons. The number of halogens is 1. The lowest BCUT2D eigenvalue weighted by Crippen LogP contribution is -2.39. The summed E-state index contributed by atoms with van der Waals surface area (Å²) < 4.78 is 0. The second-order valence-corrected chi connectivity index (χ2v) is 7.46. The van der Waals surface area contributed by atoms with Crippen LogP contribution in [0.3, 0.4) is 0 Å². The summed E-state index contributed by atoms with van der Waals surface area (Å²) in [5, 5.41) is 3.24. The number of carbonyl (C=O) groups excluding carboxylic acids is 2. The van der Waals surface area contributed by atoms with Crippen molar-refractivity contribution in [3.05, 3.63) is 29.3 Å². The summed E-state index contributed by atoms with van der Waals surface area (Å²) in [6, 6.07) is 7.47. The van der Waals surface area contributed by atoms with Crippen molar-refractivity contribution in [1.82, 2.24) is 10.2 Å². The van der Waals surface area contributed by atoms with Gasteiger partial charge in [0.2, 0.25) is 11.8 Å². The molecular weight excluding hydrogens is 332 g/mol. The van der Waals surface area contributed by atoms with Crippen LogP contribution in [-0.2, 0) is 9.59 Å². The number of hydrogen-bond donors (Lipinski definition) is 1. The molecule has 1 aliphatic rings. The Morgan fingerprint density at radius 3 is 2.65 bits per heavy atom. The predicted molar refractivity (Wildman–Crippen MR) is 94.8 cm³/mol. The van der Waals surface area contributed by atoms with Gasteiger partial charge in [-0.15, -0.1) is 11.8 Å². The van der Waals surface area contributed by atoms with Gasteiger partial charge >= 0.3 is 0 Å². The van der Waals surface area contributed by atoms with E-state index in [0.717, 1.165) is 30.8 Å². The third-order valence-electron chi connectivity index (χ3n) is 3.86. The van der Waals surface area contributed by atoms with Gasteiger partial charge in [0.15, 0.2) is 0 Å². The monoisotopic (exact) mass is 354 g/mol. The molecule has 0 spiro atoms. The normalized spacial score (nSPS) is 16.0. The lowest BCUT2D eigenvalue weighted by molar-refractivity contribution is -0.132. The van der Waals surface area contributed by atoms with Gasteiger partial charge in [-0.25, -0.2) is 0 Å². The van der Waals surface area contributed by atoms with Crippen molar-refractivity contribution >= 4 is 35.2 Å². The Hall–Kier alpha value is -1.20. The average molecular weight is 355 g/mol. The van der Waals surface area contributed by atoms with Gasteiger partial charge in [0.25, 0.3) is 0 Å². The minimum absolute atomic E-state index is 0.0682. The van der Waals surface area contributed by atoms with E-state index >= 15 is 0 Å². The fourth-order valence-corrected chi connectivity index (χ4v) is 3.70. The summed E-state index contributed by atoms with van der Waals surface area (Å²) in [5.41, 5.74) is 0. The Kier molecular flexibility index (Phi) is 7.24. The zero-order valence-electron chi connectivity index (χ0n) is 13.4. The van der Waals surface area contributed by atoms with E-state index in [-0.39, 0.29) is 17.1 Å². The summed E-state index contributed by atoms with van der Waals surface area (Å²) in [5.74, 6) is 0.0674. The van der Waals surface area contributed by atoms with Crippen LogP contribution in [0.2, 0.25) is 5.02 Å². The topological polar surface area (TPSA) is 49.4 Å². The lowest BCUT2D eigenvalue weighted by Gasteiger charge is -2.26. The molecule has 0 aromatic heterocycles. The molecule has 1 atom stereocenters. The number of rotatable bonds is 6. The molecule has 1 aromatic rings. The van der Waals surface area contributed by atoms with Gasteiger partial charge in [0.1, 0.15) is 0 Å². The molecule has 2 rings (SSSR count). The first kappa shape index (κ1) is 18.1. The zero-order valence-corrected chi connectivity index (χ0v) is 15.0. The predicted octanol–water partition coefficient (Wildman–Crippen LogP) is 3.34. The van der Waals surface area contributed by atoms with Crippen LogP contribution >= 0.6 is 23.4 Å². The van der Waals surface area contributed by atoms with Crippen molar-refractivity contribution in [3.8, 4) is 0 Å². The number of piperidine rings is 1. The third-order valence-corrected chi connectivity index (χ3v) is 5.48. The minimum Gasteiger partial charge on any atom is -0.355 e. The highest BCUT2D eigenvalue weighted by Crippen LogP contribution is 2.29. The Bertz CT molecular complexity index is 547. The molecule has 2 amide bonds. The number of likely N-dealkylation sites (tertiary alicyclic amines) is 1. The zero-order chi connectivity index (χ0) is 16.7. The van der Waals surface area contributed by atoms with Crippen LogP contribution in [0, 0.1) is 0 Å². The highest BCUT2D eigenvalue weighted by Gasteiger charge is 2.18. The molecule has 0 radical (unpaired) electrons. The molecule has 1 N–H and O–H groups in total. The van der Waals surface area contributed by atoms with Gasteiger partial charge in [0.05, 0.1) is 10.3 Å². The SMILES string of the molecule is C[C@@H](Sc1ccccc1Cl)C(=O)NCCC(=O)N1CCCCC1. The summed E-state index contributed by atoms with van der Waals surface area (Å²) in [6.45, 7) is 3.94. The molecule has 6 heteroatoms. The first-order chi connectivity index (χ1) is 11.1. The molecule has 23 heavy (non-hydrogen) atoms. The molecule has 1 saturated heterocycles. The van der Waals surface area contributed by atoms with Gasteiger partial charge in [-0.3, -0.25) is 9.59 Å². The number of thioether (sulfide) groups is 1. The maximum atomic E-state index is 12.1. The Balaban J connectivity index is 1.71. The molecule has 1 aromatic carbocycles. The number of hydrogen-bond acceptors (Lipinski definition) is 3. The lowest BCUT2D eigenvalue weighted by atomic mass is 10.1. The Labute approximate surface area is 146 Å². The molecule has 0 bridgehead atoms. The quantitative estimate of drug-likeness (QED) is 0.797. The molecule has 0 unspecified atom stereocenters. The van der Waals surface area contributed by atoms with E-state index in [1.165, 1.54) is 18.2 Å². The number of carbonyl (C=O) groups is 2. The molecule has 4 nitrogen and oxygen atoms in total. The summed E-state index contributed by atoms with van der Waals surface area (Å²) in [4.78, 5) is 26.9. The van der Waals surface area contributed by atoms with Crippen molar-refractivity contribution in [2.24, 2.45) is 0 Å². The first-order valence-corrected chi connectivity index (χ1v) is 9.30. The van der Waals surface area contributed by atoms with E-state index in [4.69, 9.17) is 11.6 Å². The Morgan fingerprint density at radius 2 is 1.96 bits per heavy atom. The smallest absolute Gasteiger partial charge is 0.233 e. The highest BCUT2D eigenvalue weighted by molar-refractivity contribution is 8.00. The van der Waals surface area contributed by atoms with Crippen molar-refractivity contribution in [3.63, 3.8) is 0 Å². The maximum Gasteiger partial charge on any atom is 0.233 e. The van der Waals surface area contributed by atoms with E-state index in [1.807, 2.05) is 36.1 Å². The number of nitrogens with one attached hydrogen (secondary N) is 1. The van der Waals surface area contributed by atoms with E-state index in [9.17, 15) is 9.59 Å². The average Bonchev–Trinajstić information content (AvgIpc) is 2.57. The van der Waals surface area contributed by atoms with Crippen LogP contribution in [0.5, 0.6) is 0 Å². The van der Waals surface area contributed by atoms with Gasteiger partial charge < -0.3 is 10.2 Å². The molecular formula is C17H23ClN2O2S. The second-order valence-electron chi connectivity index (χ2n) is 5.67. The molecule has 0 saturated carbocycles. The van der Waals surface area contributed by atoms with Gasteiger partial charge in [-0.1, -0.05) is 23.7 Å². The van der Waals surface area contributed by atoms with E-state index in [1.54, 1.807) is 0 Å². The highest BCUT2D eigenvalue weighted by atomic mass is 35.5. The summed E-state index contributed by atoms with van der Waals surface area (Å²) in [6.07, 6.45) is 3.75. The van der Waals surface area contributed by atoms with Crippen LogP contribution in [0.25, 0.3) is 0 Å². The van der Waals surface area contributed by atoms with Crippen LogP contribution in [-0.4, -0.2) is 41.6 Å². The second kappa shape index (κ2) is 9.18.